The van der Waals surface area contributed by atoms with Gasteiger partial charge in [0.2, 0.25) is 0 Å². The SMILES string of the molecule is CC(C)N(CCCCl)Cc1cccc(F)c1Br. The summed E-state index contributed by atoms with van der Waals surface area (Å²) < 4.78 is 14.0. The molecule has 0 aliphatic carbocycles. The molecule has 0 radical (unpaired) electrons. The number of alkyl halides is 1. The van der Waals surface area contributed by atoms with Crippen LogP contribution in [0.2, 0.25) is 0 Å². The molecule has 0 aliphatic rings. The quantitative estimate of drug-likeness (QED) is 0.700. The van der Waals surface area contributed by atoms with Crippen molar-refractivity contribution in [3.63, 3.8) is 0 Å². The zero-order valence-corrected chi connectivity index (χ0v) is 12.6. The molecule has 0 saturated carbocycles. The highest BCUT2D eigenvalue weighted by molar-refractivity contribution is 9.10. The third kappa shape index (κ3) is 4.57. The number of hydrogen-bond acceptors (Lipinski definition) is 1. The molecule has 0 aliphatic heterocycles. The smallest absolute Gasteiger partial charge is 0.137 e. The minimum Gasteiger partial charge on any atom is -0.297 e. The van der Waals surface area contributed by atoms with Crippen molar-refractivity contribution in [2.24, 2.45) is 0 Å². The predicted molar refractivity (Wildman–Crippen MR) is 75.0 cm³/mol. The van der Waals surface area contributed by atoms with Gasteiger partial charge in [-0.25, -0.2) is 4.39 Å². The van der Waals surface area contributed by atoms with Gasteiger partial charge in [0.05, 0.1) is 4.47 Å². The van der Waals surface area contributed by atoms with Gasteiger partial charge in [-0.1, -0.05) is 12.1 Å². The molecule has 1 nitrogen and oxygen atoms in total. The van der Waals surface area contributed by atoms with Crippen molar-refractivity contribution < 1.29 is 4.39 Å². The van der Waals surface area contributed by atoms with E-state index in [0.717, 1.165) is 25.1 Å². The Balaban J connectivity index is 2.75. The molecule has 0 atom stereocenters. The molecule has 0 aromatic heterocycles. The van der Waals surface area contributed by atoms with E-state index in [1.807, 2.05) is 6.07 Å². The van der Waals surface area contributed by atoms with Gasteiger partial charge in [-0.05, 0) is 54.4 Å². The van der Waals surface area contributed by atoms with E-state index in [1.165, 1.54) is 6.07 Å². The first kappa shape index (κ1) is 14.9. The Hall–Kier alpha value is -0.120. The Morgan fingerprint density at radius 1 is 1.41 bits per heavy atom. The molecule has 4 heteroatoms. The van der Waals surface area contributed by atoms with E-state index < -0.39 is 0 Å². The molecular weight excluding hydrogens is 305 g/mol. The number of nitrogens with zero attached hydrogens (tertiary/aromatic N) is 1. The summed E-state index contributed by atoms with van der Waals surface area (Å²) in [6.45, 7) is 5.96. The summed E-state index contributed by atoms with van der Waals surface area (Å²) >= 11 is 9.01. The maximum atomic E-state index is 13.4. The van der Waals surface area contributed by atoms with E-state index in [9.17, 15) is 4.39 Å². The highest BCUT2D eigenvalue weighted by atomic mass is 79.9. The van der Waals surface area contributed by atoms with Crippen LogP contribution in [0.15, 0.2) is 22.7 Å². The van der Waals surface area contributed by atoms with Crippen LogP contribution in [0, 0.1) is 5.82 Å². The van der Waals surface area contributed by atoms with E-state index in [4.69, 9.17) is 11.6 Å². The highest BCUT2D eigenvalue weighted by Crippen LogP contribution is 2.22. The van der Waals surface area contributed by atoms with Crippen molar-refractivity contribution in [3.05, 3.63) is 34.1 Å². The highest BCUT2D eigenvalue weighted by Gasteiger charge is 2.13. The lowest BCUT2D eigenvalue weighted by Crippen LogP contribution is -2.31. The van der Waals surface area contributed by atoms with Crippen LogP contribution < -0.4 is 0 Å². The molecule has 0 unspecified atom stereocenters. The Morgan fingerprint density at radius 2 is 2.12 bits per heavy atom. The van der Waals surface area contributed by atoms with Crippen molar-refractivity contribution in [2.75, 3.05) is 12.4 Å². The third-order valence-electron chi connectivity index (χ3n) is 2.71. The van der Waals surface area contributed by atoms with Crippen LogP contribution in [0.25, 0.3) is 0 Å². The lowest BCUT2D eigenvalue weighted by molar-refractivity contribution is 0.213. The van der Waals surface area contributed by atoms with E-state index >= 15 is 0 Å². The second-order valence-electron chi connectivity index (χ2n) is 4.32. The van der Waals surface area contributed by atoms with Gasteiger partial charge < -0.3 is 0 Å². The fraction of sp³-hybridized carbons (Fsp3) is 0.538. The summed E-state index contributed by atoms with van der Waals surface area (Å²) in [5.74, 6) is 0.455. The van der Waals surface area contributed by atoms with Gasteiger partial charge in [-0.3, -0.25) is 4.90 Å². The number of rotatable bonds is 6. The van der Waals surface area contributed by atoms with Gasteiger partial charge in [0.15, 0.2) is 0 Å². The fourth-order valence-electron chi connectivity index (χ4n) is 1.67. The Kier molecular flexibility index (Phi) is 6.45. The maximum Gasteiger partial charge on any atom is 0.137 e. The van der Waals surface area contributed by atoms with Crippen LogP contribution in [0.1, 0.15) is 25.8 Å². The molecule has 0 bridgehead atoms. The molecule has 0 fully saturated rings. The molecule has 0 saturated heterocycles. The average molecular weight is 323 g/mol. The lowest BCUT2D eigenvalue weighted by Gasteiger charge is -2.26. The molecule has 1 rings (SSSR count). The van der Waals surface area contributed by atoms with E-state index in [2.05, 4.69) is 34.7 Å². The summed E-state index contributed by atoms with van der Waals surface area (Å²) in [6, 6.07) is 5.58. The molecule has 96 valence electrons. The fourth-order valence-corrected chi connectivity index (χ4v) is 2.18. The Labute approximate surface area is 116 Å². The van der Waals surface area contributed by atoms with Crippen LogP contribution in [-0.4, -0.2) is 23.4 Å². The third-order valence-corrected chi connectivity index (χ3v) is 3.87. The van der Waals surface area contributed by atoms with Gasteiger partial charge in [-0.2, -0.15) is 0 Å². The van der Waals surface area contributed by atoms with Crippen LogP contribution in [0.4, 0.5) is 4.39 Å². The van der Waals surface area contributed by atoms with Crippen LogP contribution in [0.3, 0.4) is 0 Å². The molecule has 0 heterocycles. The van der Waals surface area contributed by atoms with Gasteiger partial charge in [0.25, 0.3) is 0 Å². The Morgan fingerprint density at radius 3 is 2.71 bits per heavy atom. The van der Waals surface area contributed by atoms with Gasteiger partial charge >= 0.3 is 0 Å². The minimum absolute atomic E-state index is 0.205. The van der Waals surface area contributed by atoms with E-state index in [-0.39, 0.29) is 5.82 Å². The second-order valence-corrected chi connectivity index (χ2v) is 5.49. The van der Waals surface area contributed by atoms with Crippen molar-refractivity contribution in [3.8, 4) is 0 Å². The standard InChI is InChI=1S/C13H18BrClFN/c1-10(2)17(8-4-7-15)9-11-5-3-6-12(16)13(11)14/h3,5-6,10H,4,7-9H2,1-2H3. The van der Waals surface area contributed by atoms with Crippen molar-refractivity contribution in [2.45, 2.75) is 32.9 Å². The maximum absolute atomic E-state index is 13.4. The normalized spacial score (nSPS) is 11.5. The zero-order chi connectivity index (χ0) is 12.8. The summed E-state index contributed by atoms with van der Waals surface area (Å²) in [5, 5.41) is 0. The number of halogens is 3. The minimum atomic E-state index is -0.205. The van der Waals surface area contributed by atoms with Gasteiger partial charge in [0.1, 0.15) is 5.82 Å². The molecular formula is C13H18BrClFN. The first-order valence-electron chi connectivity index (χ1n) is 5.79. The molecule has 1 aromatic rings. The largest absolute Gasteiger partial charge is 0.297 e. The summed E-state index contributed by atoms with van der Waals surface area (Å²) in [6.07, 6.45) is 0.951. The van der Waals surface area contributed by atoms with Crippen molar-refractivity contribution in [1.29, 1.82) is 0 Å². The van der Waals surface area contributed by atoms with Crippen LogP contribution in [0.5, 0.6) is 0 Å². The van der Waals surface area contributed by atoms with E-state index in [1.54, 1.807) is 6.07 Å². The molecule has 0 N–H and O–H groups in total. The molecule has 17 heavy (non-hydrogen) atoms. The monoisotopic (exact) mass is 321 g/mol. The van der Waals surface area contributed by atoms with Crippen molar-refractivity contribution >= 4 is 27.5 Å². The molecule has 1 aromatic carbocycles. The predicted octanol–water partition coefficient (Wildman–Crippen LogP) is 4.43. The summed E-state index contributed by atoms with van der Waals surface area (Å²) in [4.78, 5) is 2.29. The lowest BCUT2D eigenvalue weighted by atomic mass is 10.1. The Bertz CT molecular complexity index is 357. The first-order valence-corrected chi connectivity index (χ1v) is 7.12. The van der Waals surface area contributed by atoms with Gasteiger partial charge in [-0.15, -0.1) is 11.6 Å². The second kappa shape index (κ2) is 7.34. The first-order chi connectivity index (χ1) is 8.06. The average Bonchev–Trinajstić information content (AvgIpc) is 2.29. The summed E-state index contributed by atoms with van der Waals surface area (Å²) in [7, 11) is 0. The zero-order valence-electron chi connectivity index (χ0n) is 10.2. The number of hydrogen-bond donors (Lipinski definition) is 0. The van der Waals surface area contributed by atoms with Crippen LogP contribution in [-0.2, 0) is 6.54 Å². The van der Waals surface area contributed by atoms with E-state index in [0.29, 0.717) is 16.4 Å². The molecule has 0 amide bonds. The van der Waals surface area contributed by atoms with Crippen molar-refractivity contribution in [1.82, 2.24) is 4.90 Å². The topological polar surface area (TPSA) is 3.24 Å². The molecule has 0 spiro atoms. The summed E-state index contributed by atoms with van der Waals surface area (Å²) in [5.41, 5.74) is 0.980. The van der Waals surface area contributed by atoms with Crippen LogP contribution >= 0.6 is 27.5 Å². The number of benzene rings is 1. The van der Waals surface area contributed by atoms with Gasteiger partial charge in [0, 0.05) is 18.5 Å².